The molecule has 5 nitrogen and oxygen atoms in total. The van der Waals surface area contributed by atoms with Gasteiger partial charge in [-0.1, -0.05) is 6.92 Å². The molecule has 0 aliphatic carbocycles. The van der Waals surface area contributed by atoms with E-state index in [9.17, 15) is 0 Å². The zero-order valence-electron chi connectivity index (χ0n) is 15.3. The second-order valence-electron chi connectivity index (χ2n) is 6.84. The van der Waals surface area contributed by atoms with Gasteiger partial charge in [-0.25, -0.2) is 0 Å². The van der Waals surface area contributed by atoms with E-state index in [1.807, 2.05) is 7.05 Å². The van der Waals surface area contributed by atoms with Crippen molar-refractivity contribution in [1.82, 2.24) is 19.7 Å². The Labute approximate surface area is 141 Å². The highest BCUT2D eigenvalue weighted by molar-refractivity contribution is 5.79. The van der Waals surface area contributed by atoms with Crippen LogP contribution in [0.5, 0.6) is 0 Å². The van der Waals surface area contributed by atoms with Crippen molar-refractivity contribution in [2.24, 2.45) is 18.0 Å². The standard InChI is InChI=1S/C18H33N5/c1-16-8-5-12-23(14-16)13-7-10-20-18(19-2)22(4)15-17-9-6-11-21(17)3/h6,9,11,16H,5,7-8,10,12-15H2,1-4H3,(H,19,20). The Kier molecular flexibility index (Phi) is 6.96. The first-order valence-electron chi connectivity index (χ1n) is 8.84. The van der Waals surface area contributed by atoms with E-state index < -0.39 is 0 Å². The second kappa shape index (κ2) is 8.96. The number of hydrogen-bond donors (Lipinski definition) is 1. The first-order chi connectivity index (χ1) is 11.1. The number of likely N-dealkylation sites (tertiary alicyclic amines) is 1. The lowest BCUT2D eigenvalue weighted by Gasteiger charge is -2.31. The van der Waals surface area contributed by atoms with Gasteiger partial charge in [0, 0.05) is 46.1 Å². The summed E-state index contributed by atoms with van der Waals surface area (Å²) in [6.45, 7) is 7.94. The second-order valence-corrected chi connectivity index (χ2v) is 6.84. The molecule has 23 heavy (non-hydrogen) atoms. The van der Waals surface area contributed by atoms with Gasteiger partial charge in [-0.05, 0) is 50.4 Å². The summed E-state index contributed by atoms with van der Waals surface area (Å²) in [6, 6.07) is 4.24. The van der Waals surface area contributed by atoms with Crippen LogP contribution in [-0.4, -0.2) is 60.6 Å². The van der Waals surface area contributed by atoms with Crippen LogP contribution in [0.1, 0.15) is 31.9 Å². The van der Waals surface area contributed by atoms with Crippen molar-refractivity contribution >= 4 is 5.96 Å². The molecule has 1 atom stereocenters. The van der Waals surface area contributed by atoms with Crippen LogP contribution >= 0.6 is 0 Å². The number of nitrogens with one attached hydrogen (secondary N) is 1. The van der Waals surface area contributed by atoms with Crippen LogP contribution in [0.3, 0.4) is 0 Å². The van der Waals surface area contributed by atoms with E-state index >= 15 is 0 Å². The van der Waals surface area contributed by atoms with Gasteiger partial charge < -0.3 is 19.7 Å². The Morgan fingerprint density at radius 1 is 1.48 bits per heavy atom. The Balaban J connectivity index is 1.69. The SMILES string of the molecule is CN=C(NCCCN1CCCC(C)C1)N(C)Cc1cccn1C. The zero-order valence-corrected chi connectivity index (χ0v) is 15.3. The summed E-state index contributed by atoms with van der Waals surface area (Å²) in [5.41, 5.74) is 1.29. The van der Waals surface area contributed by atoms with Gasteiger partial charge in [0.05, 0.1) is 6.54 Å². The van der Waals surface area contributed by atoms with Crippen LogP contribution in [0.25, 0.3) is 0 Å². The summed E-state index contributed by atoms with van der Waals surface area (Å²) in [6.07, 6.45) is 6.00. The molecule has 0 amide bonds. The molecule has 1 N–H and O–H groups in total. The molecule has 1 fully saturated rings. The first-order valence-corrected chi connectivity index (χ1v) is 8.84. The third kappa shape index (κ3) is 5.57. The third-order valence-corrected chi connectivity index (χ3v) is 4.70. The number of rotatable bonds is 6. The number of hydrogen-bond acceptors (Lipinski definition) is 2. The van der Waals surface area contributed by atoms with Gasteiger partial charge in [0.2, 0.25) is 0 Å². The maximum Gasteiger partial charge on any atom is 0.193 e. The van der Waals surface area contributed by atoms with E-state index in [1.165, 1.54) is 44.6 Å². The third-order valence-electron chi connectivity index (χ3n) is 4.70. The molecule has 130 valence electrons. The minimum atomic E-state index is 0.862. The normalized spacial score (nSPS) is 19.8. The van der Waals surface area contributed by atoms with Crippen molar-refractivity contribution in [2.45, 2.75) is 32.7 Å². The molecular formula is C18H33N5. The highest BCUT2D eigenvalue weighted by Crippen LogP contribution is 2.15. The van der Waals surface area contributed by atoms with E-state index in [0.29, 0.717) is 0 Å². The van der Waals surface area contributed by atoms with Crippen LogP contribution in [-0.2, 0) is 13.6 Å². The fourth-order valence-corrected chi connectivity index (χ4v) is 3.36. The van der Waals surface area contributed by atoms with Crippen molar-refractivity contribution in [3.05, 3.63) is 24.0 Å². The molecule has 0 aromatic carbocycles. The highest BCUT2D eigenvalue weighted by atomic mass is 15.3. The molecule has 2 rings (SSSR count). The predicted molar refractivity (Wildman–Crippen MR) is 97.7 cm³/mol. The molecular weight excluding hydrogens is 286 g/mol. The monoisotopic (exact) mass is 319 g/mol. The van der Waals surface area contributed by atoms with Gasteiger partial charge in [0.1, 0.15) is 0 Å². The van der Waals surface area contributed by atoms with Gasteiger partial charge in [-0.2, -0.15) is 0 Å². The molecule has 0 spiro atoms. The molecule has 0 saturated carbocycles. The van der Waals surface area contributed by atoms with Crippen molar-refractivity contribution in [3.8, 4) is 0 Å². The molecule has 1 aromatic heterocycles. The lowest BCUT2D eigenvalue weighted by Crippen LogP contribution is -2.41. The summed E-state index contributed by atoms with van der Waals surface area (Å²) in [4.78, 5) is 9.19. The van der Waals surface area contributed by atoms with E-state index in [4.69, 9.17) is 0 Å². The molecule has 0 radical (unpaired) electrons. The van der Waals surface area contributed by atoms with Crippen LogP contribution in [0.2, 0.25) is 0 Å². The van der Waals surface area contributed by atoms with Gasteiger partial charge in [-0.15, -0.1) is 0 Å². The molecule has 1 aromatic rings. The van der Waals surface area contributed by atoms with Crippen LogP contribution in [0.4, 0.5) is 0 Å². The topological polar surface area (TPSA) is 35.8 Å². The van der Waals surface area contributed by atoms with Gasteiger partial charge >= 0.3 is 0 Å². The number of piperidine rings is 1. The smallest absolute Gasteiger partial charge is 0.193 e. The summed E-state index contributed by atoms with van der Waals surface area (Å²) in [7, 11) is 6.03. The lowest BCUT2D eigenvalue weighted by atomic mass is 10.0. The first kappa shape index (κ1) is 17.9. The van der Waals surface area contributed by atoms with E-state index in [0.717, 1.165) is 25.0 Å². The van der Waals surface area contributed by atoms with Crippen LogP contribution in [0.15, 0.2) is 23.3 Å². The molecule has 1 saturated heterocycles. The van der Waals surface area contributed by atoms with E-state index in [2.05, 4.69) is 64.0 Å². The summed E-state index contributed by atoms with van der Waals surface area (Å²) < 4.78 is 2.15. The average molecular weight is 319 g/mol. The van der Waals surface area contributed by atoms with Crippen LogP contribution < -0.4 is 5.32 Å². The largest absolute Gasteiger partial charge is 0.356 e. The summed E-state index contributed by atoms with van der Waals surface area (Å²) in [5, 5.41) is 3.49. The Bertz CT molecular complexity index is 493. The minimum Gasteiger partial charge on any atom is -0.356 e. The average Bonchev–Trinajstić information content (AvgIpc) is 2.92. The van der Waals surface area contributed by atoms with E-state index in [-0.39, 0.29) is 0 Å². The summed E-state index contributed by atoms with van der Waals surface area (Å²) >= 11 is 0. The molecule has 1 aliphatic rings. The van der Waals surface area contributed by atoms with Gasteiger partial charge in [-0.3, -0.25) is 4.99 Å². The number of nitrogens with zero attached hydrogens (tertiary/aromatic N) is 4. The van der Waals surface area contributed by atoms with Crippen LogP contribution in [0, 0.1) is 5.92 Å². The van der Waals surface area contributed by atoms with Gasteiger partial charge in [0.15, 0.2) is 5.96 Å². The molecule has 5 heteroatoms. The highest BCUT2D eigenvalue weighted by Gasteiger charge is 2.15. The van der Waals surface area contributed by atoms with Crippen molar-refractivity contribution in [2.75, 3.05) is 40.3 Å². The lowest BCUT2D eigenvalue weighted by molar-refractivity contribution is 0.182. The van der Waals surface area contributed by atoms with Crippen molar-refractivity contribution in [3.63, 3.8) is 0 Å². The Morgan fingerprint density at radius 3 is 2.96 bits per heavy atom. The number of aryl methyl sites for hydroxylation is 1. The quantitative estimate of drug-likeness (QED) is 0.496. The van der Waals surface area contributed by atoms with Gasteiger partial charge in [0.25, 0.3) is 0 Å². The zero-order chi connectivity index (χ0) is 16.7. The van der Waals surface area contributed by atoms with Crippen molar-refractivity contribution in [1.29, 1.82) is 0 Å². The minimum absolute atomic E-state index is 0.862. The Morgan fingerprint density at radius 2 is 2.30 bits per heavy atom. The molecule has 2 heterocycles. The summed E-state index contributed by atoms with van der Waals surface area (Å²) in [5.74, 6) is 1.83. The number of aromatic nitrogens is 1. The number of aliphatic imine (C=N–C) groups is 1. The fourth-order valence-electron chi connectivity index (χ4n) is 3.36. The van der Waals surface area contributed by atoms with Crippen molar-refractivity contribution < 1.29 is 0 Å². The maximum absolute atomic E-state index is 4.40. The van der Waals surface area contributed by atoms with E-state index in [1.54, 1.807) is 0 Å². The number of guanidine groups is 1. The fraction of sp³-hybridized carbons (Fsp3) is 0.722. The maximum atomic E-state index is 4.40. The molecule has 1 unspecified atom stereocenters. The molecule has 0 bridgehead atoms. The molecule has 1 aliphatic heterocycles. The Hall–Kier alpha value is -1.49. The predicted octanol–water partition coefficient (Wildman–Crippen LogP) is 2.15.